The lowest BCUT2D eigenvalue weighted by atomic mass is 9.88. The number of phenolic OH excluding ortho intramolecular Hbond substituents is 1. The maximum atomic E-state index is 12.4. The molecule has 19 heavy (non-hydrogen) atoms. The van der Waals surface area contributed by atoms with Crippen molar-refractivity contribution in [2.75, 3.05) is 7.05 Å². The van der Waals surface area contributed by atoms with E-state index in [-0.39, 0.29) is 17.6 Å². The molecule has 4 heteroatoms. The van der Waals surface area contributed by atoms with Crippen molar-refractivity contribution in [3.8, 4) is 5.75 Å². The largest absolute Gasteiger partial charge is 0.508 e. The summed E-state index contributed by atoms with van der Waals surface area (Å²) in [5.41, 5.74) is 0.965. The average Bonchev–Trinajstić information content (AvgIpc) is 3.00. The monoisotopic (exact) mass is 260 g/mol. The van der Waals surface area contributed by atoms with Crippen LogP contribution < -0.4 is 5.32 Å². The van der Waals surface area contributed by atoms with Crippen LogP contribution in [0.3, 0.4) is 0 Å². The molecule has 2 saturated heterocycles. The number of aromatic hydroxyl groups is 1. The second kappa shape index (κ2) is 4.85. The third kappa shape index (κ3) is 2.45. The number of carbonyl (C=O) groups excluding carboxylic acids is 1. The maximum Gasteiger partial charge on any atom is 0.227 e. The van der Waals surface area contributed by atoms with Crippen LogP contribution in [-0.2, 0) is 11.3 Å². The summed E-state index contributed by atoms with van der Waals surface area (Å²) in [7, 11) is 1.85. The number of hydrogen-bond donors (Lipinski definition) is 2. The normalized spacial score (nSPS) is 28.6. The Kier molecular flexibility index (Phi) is 3.19. The number of nitrogens with one attached hydrogen (secondary N) is 1. The van der Waals surface area contributed by atoms with Gasteiger partial charge in [-0.1, -0.05) is 12.1 Å². The van der Waals surface area contributed by atoms with Gasteiger partial charge >= 0.3 is 0 Å². The van der Waals surface area contributed by atoms with Crippen molar-refractivity contribution in [2.24, 2.45) is 5.92 Å². The lowest BCUT2D eigenvalue weighted by Gasteiger charge is -2.25. The zero-order valence-electron chi connectivity index (χ0n) is 11.2. The molecule has 3 rings (SSSR count). The van der Waals surface area contributed by atoms with Crippen molar-refractivity contribution in [1.82, 2.24) is 10.2 Å². The molecule has 2 N–H and O–H groups in total. The van der Waals surface area contributed by atoms with E-state index in [1.807, 2.05) is 19.2 Å². The molecule has 2 bridgehead atoms. The zero-order valence-corrected chi connectivity index (χ0v) is 11.2. The zero-order chi connectivity index (χ0) is 13.4. The highest BCUT2D eigenvalue weighted by atomic mass is 16.3. The van der Waals surface area contributed by atoms with Crippen molar-refractivity contribution in [1.29, 1.82) is 0 Å². The van der Waals surface area contributed by atoms with Gasteiger partial charge in [0.1, 0.15) is 5.75 Å². The highest BCUT2D eigenvalue weighted by Gasteiger charge is 2.43. The van der Waals surface area contributed by atoms with Crippen LogP contribution in [0.25, 0.3) is 0 Å². The summed E-state index contributed by atoms with van der Waals surface area (Å²) in [4.78, 5) is 14.2. The van der Waals surface area contributed by atoms with Crippen LogP contribution in [0.2, 0.25) is 0 Å². The molecule has 0 spiro atoms. The number of nitrogens with zero attached hydrogens (tertiary/aromatic N) is 1. The fourth-order valence-corrected chi connectivity index (χ4v) is 3.39. The van der Waals surface area contributed by atoms with E-state index in [1.165, 1.54) is 6.42 Å². The minimum atomic E-state index is 0.140. The summed E-state index contributed by atoms with van der Waals surface area (Å²) in [6, 6.07) is 8.02. The lowest BCUT2D eigenvalue weighted by molar-refractivity contribution is -0.135. The summed E-state index contributed by atoms with van der Waals surface area (Å²) in [6.45, 7) is 0.557. The van der Waals surface area contributed by atoms with Gasteiger partial charge in [0.2, 0.25) is 5.91 Å². The summed E-state index contributed by atoms with van der Waals surface area (Å²) in [6.07, 6.45) is 3.32. The first kappa shape index (κ1) is 12.5. The first-order valence-corrected chi connectivity index (χ1v) is 6.92. The number of phenols is 1. The molecule has 102 valence electrons. The van der Waals surface area contributed by atoms with Crippen LogP contribution in [0.15, 0.2) is 24.3 Å². The van der Waals surface area contributed by atoms with Crippen LogP contribution in [0.1, 0.15) is 24.8 Å². The van der Waals surface area contributed by atoms with Gasteiger partial charge in [0.05, 0.1) is 5.92 Å². The van der Waals surface area contributed by atoms with E-state index in [0.717, 1.165) is 18.4 Å². The summed E-state index contributed by atoms with van der Waals surface area (Å²) in [5, 5.41) is 12.9. The van der Waals surface area contributed by atoms with Crippen LogP contribution in [-0.4, -0.2) is 35.0 Å². The van der Waals surface area contributed by atoms with Gasteiger partial charge in [-0.25, -0.2) is 0 Å². The molecule has 1 aromatic rings. The first-order valence-electron chi connectivity index (χ1n) is 6.92. The minimum absolute atomic E-state index is 0.140. The van der Waals surface area contributed by atoms with Crippen molar-refractivity contribution < 1.29 is 9.90 Å². The highest BCUT2D eigenvalue weighted by molar-refractivity contribution is 5.80. The Morgan fingerprint density at radius 2 is 2.32 bits per heavy atom. The molecule has 0 aromatic heterocycles. The number of carbonyl (C=O) groups is 1. The van der Waals surface area contributed by atoms with Gasteiger partial charge in [-0.3, -0.25) is 4.79 Å². The van der Waals surface area contributed by atoms with E-state index in [4.69, 9.17) is 0 Å². The molecule has 0 aliphatic carbocycles. The average molecular weight is 260 g/mol. The molecule has 4 nitrogen and oxygen atoms in total. The van der Waals surface area contributed by atoms with Gasteiger partial charge in [0, 0.05) is 25.7 Å². The highest BCUT2D eigenvalue weighted by Crippen LogP contribution is 2.34. The van der Waals surface area contributed by atoms with Gasteiger partial charge in [-0.2, -0.15) is 0 Å². The summed E-state index contributed by atoms with van der Waals surface area (Å²) in [5.74, 6) is 0.615. The Bertz CT molecular complexity index is 489. The summed E-state index contributed by atoms with van der Waals surface area (Å²) >= 11 is 0. The van der Waals surface area contributed by atoms with E-state index in [2.05, 4.69) is 5.32 Å². The predicted molar refractivity (Wildman–Crippen MR) is 72.6 cm³/mol. The van der Waals surface area contributed by atoms with Gasteiger partial charge in [0.15, 0.2) is 0 Å². The molecule has 2 fully saturated rings. The Labute approximate surface area is 113 Å². The molecule has 2 heterocycles. The minimum Gasteiger partial charge on any atom is -0.508 e. The molecule has 1 aromatic carbocycles. The molecule has 1 amide bonds. The third-order valence-electron chi connectivity index (χ3n) is 4.32. The molecule has 0 saturated carbocycles. The van der Waals surface area contributed by atoms with E-state index in [1.54, 1.807) is 17.0 Å². The Balaban J connectivity index is 1.64. The van der Waals surface area contributed by atoms with Gasteiger partial charge in [-0.15, -0.1) is 0 Å². The topological polar surface area (TPSA) is 52.6 Å². The van der Waals surface area contributed by atoms with E-state index < -0.39 is 0 Å². The van der Waals surface area contributed by atoms with Crippen LogP contribution in [0.4, 0.5) is 0 Å². The predicted octanol–water partition coefficient (Wildman–Crippen LogP) is 1.49. The van der Waals surface area contributed by atoms with Crippen molar-refractivity contribution in [3.63, 3.8) is 0 Å². The third-order valence-corrected chi connectivity index (χ3v) is 4.32. The Hall–Kier alpha value is -1.55. The fraction of sp³-hybridized carbons (Fsp3) is 0.533. The molecule has 2 aliphatic rings. The van der Waals surface area contributed by atoms with E-state index in [0.29, 0.717) is 18.6 Å². The quantitative estimate of drug-likeness (QED) is 0.866. The summed E-state index contributed by atoms with van der Waals surface area (Å²) < 4.78 is 0. The molecular weight excluding hydrogens is 240 g/mol. The second-order valence-corrected chi connectivity index (χ2v) is 5.75. The molecule has 3 atom stereocenters. The van der Waals surface area contributed by atoms with Crippen molar-refractivity contribution >= 4 is 5.91 Å². The Morgan fingerprint density at radius 1 is 1.47 bits per heavy atom. The standard InChI is InChI=1S/C15H20N2O2/c1-17(9-10-3-2-4-12(18)7-10)15(19)13-8-11-5-6-14(13)16-11/h2-4,7,11,13-14,16,18H,5-6,8-9H2,1H3. The molecule has 2 aliphatic heterocycles. The molecular formula is C15H20N2O2. The van der Waals surface area contributed by atoms with Gasteiger partial charge < -0.3 is 15.3 Å². The fourth-order valence-electron chi connectivity index (χ4n) is 3.39. The Morgan fingerprint density at radius 3 is 2.95 bits per heavy atom. The van der Waals surface area contributed by atoms with Crippen LogP contribution in [0, 0.1) is 5.92 Å². The van der Waals surface area contributed by atoms with E-state index in [9.17, 15) is 9.90 Å². The van der Waals surface area contributed by atoms with Gasteiger partial charge in [0.25, 0.3) is 0 Å². The number of amides is 1. The number of fused-ring (bicyclic) bond motifs is 2. The molecule has 0 radical (unpaired) electrons. The first-order chi connectivity index (χ1) is 9.13. The second-order valence-electron chi connectivity index (χ2n) is 5.75. The number of benzene rings is 1. The number of rotatable bonds is 3. The van der Waals surface area contributed by atoms with E-state index >= 15 is 0 Å². The van der Waals surface area contributed by atoms with Gasteiger partial charge in [-0.05, 0) is 37.0 Å². The molecule has 3 unspecified atom stereocenters. The van der Waals surface area contributed by atoms with Crippen LogP contribution >= 0.6 is 0 Å². The van der Waals surface area contributed by atoms with Crippen LogP contribution in [0.5, 0.6) is 5.75 Å². The number of hydrogen-bond acceptors (Lipinski definition) is 3. The van der Waals surface area contributed by atoms with Crippen molar-refractivity contribution in [3.05, 3.63) is 29.8 Å². The lowest BCUT2D eigenvalue weighted by Crippen LogP contribution is -2.38. The SMILES string of the molecule is CN(Cc1cccc(O)c1)C(=O)C1CC2CCC1N2. The van der Waals surface area contributed by atoms with Crippen molar-refractivity contribution in [2.45, 2.75) is 37.9 Å². The maximum absolute atomic E-state index is 12.4. The smallest absolute Gasteiger partial charge is 0.227 e.